The average Bonchev–Trinajstić information content (AvgIpc) is 3.23. The van der Waals surface area contributed by atoms with Crippen LogP contribution in [0.15, 0.2) is 66.3 Å². The molecule has 5 heteroatoms. The summed E-state index contributed by atoms with van der Waals surface area (Å²) in [4.78, 5) is 0. The van der Waals surface area contributed by atoms with Crippen LogP contribution in [0.5, 0.6) is 11.5 Å². The van der Waals surface area contributed by atoms with Crippen LogP contribution in [0.2, 0.25) is 0 Å². The summed E-state index contributed by atoms with van der Waals surface area (Å²) < 4.78 is 17.3. The van der Waals surface area contributed by atoms with Gasteiger partial charge in [-0.2, -0.15) is 0 Å². The normalized spacial score (nSPS) is 16.4. The monoisotopic (exact) mass is 518 g/mol. The Balaban J connectivity index is 1.86. The van der Waals surface area contributed by atoms with Crippen molar-refractivity contribution in [2.75, 3.05) is 27.4 Å². The number of phenols is 1. The minimum absolute atomic E-state index is 0.0225. The molecule has 0 amide bonds. The topological polar surface area (TPSA) is 47.9 Å². The largest absolute Gasteiger partial charge is 0.504 e. The molecular formula is C25H27IO4. The smallest absolute Gasteiger partial charge is 0.171 e. The van der Waals surface area contributed by atoms with Gasteiger partial charge in [-0.3, -0.25) is 0 Å². The maximum atomic E-state index is 10.2. The third kappa shape index (κ3) is 5.53. The van der Waals surface area contributed by atoms with Crippen LogP contribution in [0.25, 0.3) is 11.6 Å². The number of aromatic hydroxyl groups is 1. The summed E-state index contributed by atoms with van der Waals surface area (Å²) in [6.07, 6.45) is 5.97. The molecule has 0 aliphatic carbocycles. The first kappa shape index (κ1) is 22.6. The van der Waals surface area contributed by atoms with E-state index >= 15 is 0 Å². The molecule has 1 heterocycles. The number of phenolic OH excluding ortho intramolecular Hbond substituents is 1. The Morgan fingerprint density at radius 2 is 2.03 bits per heavy atom. The molecule has 0 bridgehead atoms. The van der Waals surface area contributed by atoms with E-state index < -0.39 is 0 Å². The number of benzene rings is 2. The Bertz CT molecular complexity index is 947. The zero-order chi connectivity index (χ0) is 21.5. The zero-order valence-corrected chi connectivity index (χ0v) is 19.5. The van der Waals surface area contributed by atoms with Crippen molar-refractivity contribution >= 4 is 34.2 Å². The fourth-order valence-corrected chi connectivity index (χ4v) is 4.24. The maximum absolute atomic E-state index is 10.2. The van der Waals surface area contributed by atoms with E-state index in [1.54, 1.807) is 14.2 Å². The van der Waals surface area contributed by atoms with Crippen molar-refractivity contribution in [3.05, 3.63) is 81.0 Å². The van der Waals surface area contributed by atoms with E-state index in [4.69, 9.17) is 14.2 Å². The van der Waals surface area contributed by atoms with Crippen LogP contribution in [0.1, 0.15) is 24.0 Å². The van der Waals surface area contributed by atoms with Gasteiger partial charge < -0.3 is 19.3 Å². The molecule has 2 aromatic carbocycles. The molecule has 0 radical (unpaired) electrons. The first-order chi connectivity index (χ1) is 14.5. The fourth-order valence-electron chi connectivity index (χ4n) is 3.62. The number of rotatable bonds is 9. The standard InChI is InChI=1S/C25H27IO4/c1-17(16-28-2)21-11-12-30-23(21)10-9-20(19-7-5-4-6-8-19)13-18-14-22(26)25(27)24(15-18)29-3/h4-8,11,13-15,23,27H,1,9-10,12,16H2,2-3H3/b20-13-. The van der Waals surface area contributed by atoms with Crippen LogP contribution >= 0.6 is 22.6 Å². The SMILES string of the molecule is C=C(COC)C1=CCOC1CC/C(=C/c1cc(I)c(O)c(OC)c1)c1ccccc1. The van der Waals surface area contributed by atoms with E-state index in [0.29, 0.717) is 19.0 Å². The second-order valence-electron chi connectivity index (χ2n) is 7.15. The van der Waals surface area contributed by atoms with Crippen LogP contribution < -0.4 is 4.74 Å². The minimum atomic E-state index is 0.0225. The van der Waals surface area contributed by atoms with Crippen molar-refractivity contribution < 1.29 is 19.3 Å². The number of hydrogen-bond donors (Lipinski definition) is 1. The number of methoxy groups -OCH3 is 2. The lowest BCUT2D eigenvalue weighted by Crippen LogP contribution is -2.13. The number of ether oxygens (including phenoxy) is 3. The Hall–Kier alpha value is -2.09. The minimum Gasteiger partial charge on any atom is -0.504 e. The van der Waals surface area contributed by atoms with Gasteiger partial charge >= 0.3 is 0 Å². The molecular weight excluding hydrogens is 491 g/mol. The summed E-state index contributed by atoms with van der Waals surface area (Å²) in [6.45, 7) is 5.26. The summed E-state index contributed by atoms with van der Waals surface area (Å²) in [5.74, 6) is 0.642. The summed E-state index contributed by atoms with van der Waals surface area (Å²) in [7, 11) is 3.25. The molecule has 0 spiro atoms. The van der Waals surface area contributed by atoms with E-state index in [-0.39, 0.29) is 11.9 Å². The van der Waals surface area contributed by atoms with Crippen molar-refractivity contribution in [1.82, 2.24) is 0 Å². The lowest BCUT2D eigenvalue weighted by Gasteiger charge is -2.18. The van der Waals surface area contributed by atoms with Gasteiger partial charge in [-0.25, -0.2) is 0 Å². The summed E-state index contributed by atoms with van der Waals surface area (Å²) >= 11 is 2.12. The van der Waals surface area contributed by atoms with Gasteiger partial charge in [-0.15, -0.1) is 0 Å². The van der Waals surface area contributed by atoms with Crippen LogP contribution in [0, 0.1) is 3.57 Å². The predicted molar refractivity (Wildman–Crippen MR) is 130 cm³/mol. The molecule has 0 saturated carbocycles. The number of hydrogen-bond acceptors (Lipinski definition) is 4. The van der Waals surface area contributed by atoms with E-state index in [1.165, 1.54) is 11.1 Å². The Labute approximate surface area is 192 Å². The molecule has 3 rings (SSSR count). The van der Waals surface area contributed by atoms with Crippen molar-refractivity contribution in [3.8, 4) is 11.5 Å². The highest BCUT2D eigenvalue weighted by molar-refractivity contribution is 14.1. The third-order valence-electron chi connectivity index (χ3n) is 5.11. The molecule has 4 nitrogen and oxygen atoms in total. The van der Waals surface area contributed by atoms with Gasteiger partial charge in [0.2, 0.25) is 0 Å². The second kappa shape index (κ2) is 10.8. The van der Waals surface area contributed by atoms with Gasteiger partial charge in [0, 0.05) is 7.11 Å². The highest BCUT2D eigenvalue weighted by atomic mass is 127. The van der Waals surface area contributed by atoms with E-state index in [9.17, 15) is 5.11 Å². The van der Waals surface area contributed by atoms with Crippen LogP contribution in [-0.4, -0.2) is 38.6 Å². The maximum Gasteiger partial charge on any atom is 0.171 e. The zero-order valence-electron chi connectivity index (χ0n) is 17.4. The molecule has 0 saturated heterocycles. The first-order valence-electron chi connectivity index (χ1n) is 9.84. The first-order valence-corrected chi connectivity index (χ1v) is 10.9. The Morgan fingerprint density at radius 3 is 2.73 bits per heavy atom. The Kier molecular flexibility index (Phi) is 8.13. The molecule has 0 aromatic heterocycles. The Morgan fingerprint density at radius 1 is 1.27 bits per heavy atom. The van der Waals surface area contributed by atoms with Crippen LogP contribution in [0.4, 0.5) is 0 Å². The molecule has 0 fully saturated rings. The van der Waals surface area contributed by atoms with Gasteiger partial charge in [0.15, 0.2) is 11.5 Å². The van der Waals surface area contributed by atoms with Crippen LogP contribution in [-0.2, 0) is 9.47 Å². The van der Waals surface area contributed by atoms with Crippen LogP contribution in [0.3, 0.4) is 0 Å². The van der Waals surface area contributed by atoms with Crippen molar-refractivity contribution in [2.24, 2.45) is 0 Å². The van der Waals surface area contributed by atoms with Crippen molar-refractivity contribution in [3.63, 3.8) is 0 Å². The lowest BCUT2D eigenvalue weighted by atomic mass is 9.93. The summed E-state index contributed by atoms with van der Waals surface area (Å²) in [6, 6.07) is 14.2. The predicted octanol–water partition coefficient (Wildman–Crippen LogP) is 5.85. The van der Waals surface area contributed by atoms with E-state index in [2.05, 4.69) is 53.5 Å². The highest BCUT2D eigenvalue weighted by Gasteiger charge is 2.22. The average molecular weight is 518 g/mol. The molecule has 1 N–H and O–H groups in total. The quantitative estimate of drug-likeness (QED) is 0.334. The van der Waals surface area contributed by atoms with Crippen molar-refractivity contribution in [2.45, 2.75) is 18.9 Å². The summed E-state index contributed by atoms with van der Waals surface area (Å²) in [5, 5.41) is 10.2. The number of allylic oxidation sites excluding steroid dienone is 1. The number of halogens is 1. The van der Waals surface area contributed by atoms with Crippen molar-refractivity contribution in [1.29, 1.82) is 0 Å². The van der Waals surface area contributed by atoms with Gasteiger partial charge in [-0.1, -0.05) is 49.1 Å². The molecule has 158 valence electrons. The highest BCUT2D eigenvalue weighted by Crippen LogP contribution is 2.35. The molecule has 1 aliphatic rings. The molecule has 1 aliphatic heterocycles. The fraction of sp³-hybridized carbons (Fsp3) is 0.280. The van der Waals surface area contributed by atoms with Gasteiger partial charge in [0.1, 0.15) is 0 Å². The van der Waals surface area contributed by atoms with Gasteiger partial charge in [-0.05, 0) is 75.4 Å². The molecule has 1 atom stereocenters. The summed E-state index contributed by atoms with van der Waals surface area (Å²) in [5.41, 5.74) is 5.47. The van der Waals surface area contributed by atoms with Gasteiger partial charge in [0.25, 0.3) is 0 Å². The third-order valence-corrected chi connectivity index (χ3v) is 5.93. The molecule has 30 heavy (non-hydrogen) atoms. The van der Waals surface area contributed by atoms with Gasteiger partial charge in [0.05, 0.1) is 30.0 Å². The van der Waals surface area contributed by atoms with E-state index in [0.717, 1.165) is 33.1 Å². The second-order valence-corrected chi connectivity index (χ2v) is 8.31. The van der Waals surface area contributed by atoms with E-state index in [1.807, 2.05) is 30.3 Å². The molecule has 2 aromatic rings. The molecule has 1 unspecified atom stereocenters. The lowest BCUT2D eigenvalue weighted by molar-refractivity contribution is 0.116.